The summed E-state index contributed by atoms with van der Waals surface area (Å²) in [6.45, 7) is 3.69. The second-order valence-corrected chi connectivity index (χ2v) is 2.42. The summed E-state index contributed by atoms with van der Waals surface area (Å²) in [6, 6.07) is 0. The van der Waals surface area contributed by atoms with Gasteiger partial charge in [0.1, 0.15) is 0 Å². The molecule has 5 nitrogen and oxygen atoms in total. The Balaban J connectivity index is 2.90. The first kappa shape index (κ1) is 7.71. The van der Waals surface area contributed by atoms with Gasteiger partial charge in [0.25, 0.3) is 5.82 Å². The molecule has 60 valence electrons. The van der Waals surface area contributed by atoms with Crippen molar-refractivity contribution in [3.05, 3.63) is 11.7 Å². The summed E-state index contributed by atoms with van der Waals surface area (Å²) in [5.41, 5.74) is 0. The molecule has 1 aromatic heterocycles. The zero-order valence-corrected chi connectivity index (χ0v) is 6.24. The van der Waals surface area contributed by atoms with Crippen LogP contribution in [0.3, 0.4) is 0 Å². The number of aromatic carboxylic acids is 1. The van der Waals surface area contributed by atoms with Crippen LogP contribution in [-0.2, 0) is 0 Å². The van der Waals surface area contributed by atoms with Crippen LogP contribution < -0.4 is 0 Å². The van der Waals surface area contributed by atoms with Crippen LogP contribution in [0.2, 0.25) is 0 Å². The van der Waals surface area contributed by atoms with E-state index in [9.17, 15) is 4.79 Å². The standard InChI is InChI=1S/C6H8N2O3/c1-3(2)5-7-4(6(9)10)8-11-5/h3H,1-2H3,(H,9,10). The molecule has 0 aromatic carbocycles. The Morgan fingerprint density at radius 3 is 2.55 bits per heavy atom. The van der Waals surface area contributed by atoms with E-state index in [1.807, 2.05) is 13.8 Å². The highest BCUT2D eigenvalue weighted by molar-refractivity contribution is 5.82. The van der Waals surface area contributed by atoms with Crippen molar-refractivity contribution < 1.29 is 14.4 Å². The molecule has 1 rings (SSSR count). The fourth-order valence-corrected chi connectivity index (χ4v) is 0.557. The molecule has 5 heteroatoms. The first-order valence-corrected chi connectivity index (χ1v) is 3.18. The van der Waals surface area contributed by atoms with Crippen LogP contribution in [0.1, 0.15) is 36.3 Å². The highest BCUT2D eigenvalue weighted by Crippen LogP contribution is 2.10. The van der Waals surface area contributed by atoms with E-state index in [0.29, 0.717) is 5.89 Å². The average Bonchev–Trinajstić information content (AvgIpc) is 2.33. The minimum absolute atomic E-state index is 0.0654. The third kappa shape index (κ3) is 1.54. The molecule has 0 bridgehead atoms. The smallest absolute Gasteiger partial charge is 0.377 e. The summed E-state index contributed by atoms with van der Waals surface area (Å²) in [7, 11) is 0. The van der Waals surface area contributed by atoms with Gasteiger partial charge in [-0.1, -0.05) is 13.8 Å². The molecule has 0 atom stereocenters. The Hall–Kier alpha value is -1.39. The molecule has 11 heavy (non-hydrogen) atoms. The average molecular weight is 156 g/mol. The quantitative estimate of drug-likeness (QED) is 0.688. The molecular formula is C6H8N2O3. The van der Waals surface area contributed by atoms with Crippen molar-refractivity contribution in [1.82, 2.24) is 10.1 Å². The number of nitrogens with zero attached hydrogens (tertiary/aromatic N) is 2. The van der Waals surface area contributed by atoms with Gasteiger partial charge in [-0.15, -0.1) is 0 Å². The minimum atomic E-state index is -1.17. The monoisotopic (exact) mass is 156 g/mol. The van der Waals surface area contributed by atoms with Gasteiger partial charge < -0.3 is 9.63 Å². The first-order chi connectivity index (χ1) is 5.11. The third-order valence-corrected chi connectivity index (χ3v) is 1.13. The number of aromatic nitrogens is 2. The maximum Gasteiger partial charge on any atom is 0.377 e. The molecule has 0 spiro atoms. The minimum Gasteiger partial charge on any atom is -0.475 e. The molecule has 0 amide bonds. The number of carboxylic acids is 1. The van der Waals surface area contributed by atoms with Crippen LogP contribution in [0, 0.1) is 0 Å². The number of carbonyl (C=O) groups is 1. The molecule has 1 aromatic rings. The molecule has 1 N–H and O–H groups in total. The lowest BCUT2D eigenvalue weighted by molar-refractivity contribution is 0.0680. The first-order valence-electron chi connectivity index (χ1n) is 3.18. The van der Waals surface area contributed by atoms with Crippen LogP contribution in [-0.4, -0.2) is 21.2 Å². The van der Waals surface area contributed by atoms with Gasteiger partial charge in [0.05, 0.1) is 0 Å². The summed E-state index contributed by atoms with van der Waals surface area (Å²) in [5, 5.41) is 11.6. The fourth-order valence-electron chi connectivity index (χ4n) is 0.557. The van der Waals surface area contributed by atoms with E-state index in [2.05, 4.69) is 14.7 Å². The van der Waals surface area contributed by atoms with Gasteiger partial charge >= 0.3 is 5.97 Å². The van der Waals surface area contributed by atoms with Gasteiger partial charge in [0.2, 0.25) is 5.89 Å². The van der Waals surface area contributed by atoms with Crippen LogP contribution in [0.5, 0.6) is 0 Å². The number of rotatable bonds is 2. The Morgan fingerprint density at radius 1 is 1.64 bits per heavy atom. The van der Waals surface area contributed by atoms with Crippen molar-refractivity contribution in [2.45, 2.75) is 19.8 Å². The van der Waals surface area contributed by atoms with Gasteiger partial charge in [-0.25, -0.2) is 4.79 Å². The van der Waals surface area contributed by atoms with Crippen LogP contribution in [0.4, 0.5) is 0 Å². The highest BCUT2D eigenvalue weighted by atomic mass is 16.5. The molecule has 1 heterocycles. The van der Waals surface area contributed by atoms with Gasteiger partial charge in [0.15, 0.2) is 0 Å². The lowest BCUT2D eigenvalue weighted by Crippen LogP contribution is -1.99. The van der Waals surface area contributed by atoms with E-state index >= 15 is 0 Å². The Bertz CT molecular complexity index is 267. The summed E-state index contributed by atoms with van der Waals surface area (Å²) in [6.07, 6.45) is 0. The van der Waals surface area contributed by atoms with Crippen LogP contribution >= 0.6 is 0 Å². The van der Waals surface area contributed by atoms with Gasteiger partial charge in [-0.05, 0) is 5.16 Å². The van der Waals surface area contributed by atoms with E-state index < -0.39 is 5.97 Å². The van der Waals surface area contributed by atoms with Gasteiger partial charge in [-0.3, -0.25) is 0 Å². The van der Waals surface area contributed by atoms with E-state index in [1.54, 1.807) is 0 Å². The predicted molar refractivity (Wildman–Crippen MR) is 35.3 cm³/mol. The van der Waals surface area contributed by atoms with Crippen molar-refractivity contribution in [3.8, 4) is 0 Å². The Kier molecular flexibility index (Phi) is 1.89. The van der Waals surface area contributed by atoms with Crippen molar-refractivity contribution in [1.29, 1.82) is 0 Å². The van der Waals surface area contributed by atoms with E-state index in [0.717, 1.165) is 0 Å². The zero-order chi connectivity index (χ0) is 8.43. The molecule has 0 radical (unpaired) electrons. The molecule has 0 aliphatic heterocycles. The van der Waals surface area contributed by atoms with E-state index in [1.165, 1.54) is 0 Å². The summed E-state index contributed by atoms with van der Waals surface area (Å²) in [4.78, 5) is 13.9. The van der Waals surface area contributed by atoms with E-state index in [4.69, 9.17) is 5.11 Å². The molecule has 0 saturated heterocycles. The summed E-state index contributed by atoms with van der Waals surface area (Å²) in [5.74, 6) is -1.03. The van der Waals surface area contributed by atoms with Crippen molar-refractivity contribution in [2.24, 2.45) is 0 Å². The largest absolute Gasteiger partial charge is 0.475 e. The summed E-state index contributed by atoms with van der Waals surface area (Å²) >= 11 is 0. The van der Waals surface area contributed by atoms with Crippen LogP contribution in [0.15, 0.2) is 4.52 Å². The van der Waals surface area contributed by atoms with Crippen molar-refractivity contribution >= 4 is 5.97 Å². The van der Waals surface area contributed by atoms with Gasteiger partial charge in [-0.2, -0.15) is 4.98 Å². The maximum absolute atomic E-state index is 10.3. The number of hydrogen-bond donors (Lipinski definition) is 1. The van der Waals surface area contributed by atoms with Crippen molar-refractivity contribution in [2.75, 3.05) is 0 Å². The summed E-state index contributed by atoms with van der Waals surface area (Å²) < 4.78 is 4.65. The van der Waals surface area contributed by atoms with Crippen LogP contribution in [0.25, 0.3) is 0 Å². The lowest BCUT2D eigenvalue weighted by Gasteiger charge is -1.91. The topological polar surface area (TPSA) is 76.2 Å². The third-order valence-electron chi connectivity index (χ3n) is 1.13. The maximum atomic E-state index is 10.3. The molecule has 0 unspecified atom stereocenters. The molecular weight excluding hydrogens is 148 g/mol. The SMILES string of the molecule is CC(C)c1nc(C(=O)O)no1. The molecule has 0 aliphatic rings. The Labute approximate surface area is 63.0 Å². The molecule has 0 saturated carbocycles. The second kappa shape index (κ2) is 2.69. The lowest BCUT2D eigenvalue weighted by atomic mass is 10.2. The van der Waals surface area contributed by atoms with E-state index in [-0.39, 0.29) is 11.7 Å². The van der Waals surface area contributed by atoms with Crippen molar-refractivity contribution in [3.63, 3.8) is 0 Å². The fraction of sp³-hybridized carbons (Fsp3) is 0.500. The normalized spacial score (nSPS) is 10.5. The number of carboxylic acid groups (broad SMARTS) is 1. The Morgan fingerprint density at radius 2 is 2.27 bits per heavy atom. The van der Waals surface area contributed by atoms with Gasteiger partial charge in [0, 0.05) is 5.92 Å². The molecule has 0 fully saturated rings. The second-order valence-electron chi connectivity index (χ2n) is 2.42. The highest BCUT2D eigenvalue weighted by Gasteiger charge is 2.14. The molecule has 0 aliphatic carbocycles. The predicted octanol–water partition coefficient (Wildman–Crippen LogP) is 0.891. The zero-order valence-electron chi connectivity index (χ0n) is 6.24. The number of hydrogen-bond acceptors (Lipinski definition) is 4.